The van der Waals surface area contributed by atoms with Crippen LogP contribution in [0.5, 0.6) is 0 Å². The molecule has 3 unspecified atom stereocenters. The van der Waals surface area contributed by atoms with Gasteiger partial charge in [-0.1, -0.05) is 18.2 Å². The minimum atomic E-state index is -6.09. The van der Waals surface area contributed by atoms with Gasteiger partial charge in [-0.15, -0.1) is 0 Å². The van der Waals surface area contributed by atoms with E-state index in [0.717, 1.165) is 29.2 Å². The van der Waals surface area contributed by atoms with Gasteiger partial charge in [0.25, 0.3) is 0 Å². The molecule has 4 N–H and O–H groups in total. The van der Waals surface area contributed by atoms with E-state index in [4.69, 9.17) is 0 Å². The van der Waals surface area contributed by atoms with Crippen molar-refractivity contribution in [3.8, 4) is 23.0 Å². The number of fused-ring (bicyclic) bond motifs is 2. The molecule has 0 aliphatic carbocycles. The average molecular weight is 945 g/mol. The number of amides is 3. The lowest BCUT2D eigenvalue weighted by Crippen LogP contribution is -2.43. The molecule has 3 atom stereocenters. The van der Waals surface area contributed by atoms with E-state index in [2.05, 4.69) is 61.4 Å². The predicted octanol–water partition coefficient (Wildman–Crippen LogP) is 7.11. The Morgan fingerprint density at radius 1 is 0.750 bits per heavy atom. The van der Waals surface area contributed by atoms with Crippen molar-refractivity contribution >= 4 is 63.1 Å². The molecule has 3 amide bonds. The van der Waals surface area contributed by atoms with Gasteiger partial charge in [-0.25, -0.2) is 52.4 Å². The van der Waals surface area contributed by atoms with Crippen molar-refractivity contribution in [2.24, 2.45) is 0 Å². The summed E-state index contributed by atoms with van der Waals surface area (Å²) >= 11 is 0. The largest absolute Gasteiger partial charge is 0.453 e. The number of alkyl halides is 5. The van der Waals surface area contributed by atoms with Crippen molar-refractivity contribution in [1.82, 2.24) is 49.5 Å². The Morgan fingerprint density at radius 3 is 2.06 bits per heavy atom. The fourth-order valence-corrected chi connectivity index (χ4v) is 9.82. The van der Waals surface area contributed by atoms with E-state index >= 15 is 13.2 Å². The summed E-state index contributed by atoms with van der Waals surface area (Å²) in [5, 5.41) is 19.9. The van der Waals surface area contributed by atoms with E-state index in [0.29, 0.717) is 18.5 Å². The molecule has 348 valence electrons. The zero-order chi connectivity index (χ0) is 47.7. The van der Waals surface area contributed by atoms with Crippen LogP contribution >= 0.6 is 0 Å². The number of pyridine rings is 2. The summed E-state index contributed by atoms with van der Waals surface area (Å²) in [6.45, 7) is 1.84. The second kappa shape index (κ2) is 14.9. The molecule has 0 saturated heterocycles. The molecule has 0 bridgehead atoms. The Balaban J connectivity index is 1.07. The predicted molar refractivity (Wildman–Crippen MR) is 224 cm³/mol. The van der Waals surface area contributed by atoms with Gasteiger partial charge in [0.15, 0.2) is 22.9 Å². The number of hydrogen-bond donors (Lipinski definition) is 4. The Morgan fingerprint density at radius 2 is 1.37 bits per heavy atom. The fourth-order valence-electron chi connectivity index (χ4n) is 9.82. The molecule has 10 heterocycles. The maximum Gasteiger partial charge on any atom is 0.453 e. The first-order chi connectivity index (χ1) is 32.3. The van der Waals surface area contributed by atoms with E-state index in [1.165, 1.54) is 22.9 Å². The van der Waals surface area contributed by atoms with Gasteiger partial charge >= 0.3 is 12.1 Å². The Labute approximate surface area is 376 Å². The van der Waals surface area contributed by atoms with Crippen molar-refractivity contribution in [2.75, 3.05) is 27.8 Å². The maximum absolute atomic E-state index is 15.6. The summed E-state index contributed by atoms with van der Waals surface area (Å²) < 4.78 is 121. The average Bonchev–Trinajstić information content (AvgIpc) is 3.88. The number of aromatic nitrogens is 10. The molecule has 7 aromatic rings. The lowest BCUT2D eigenvalue weighted by molar-refractivity contribution is -0.287. The van der Waals surface area contributed by atoms with Crippen LogP contribution in [0, 0.1) is 17.5 Å². The first-order valence-electron chi connectivity index (χ1n) is 21.1. The summed E-state index contributed by atoms with van der Waals surface area (Å²) in [6, 6.07) is 5.81. The van der Waals surface area contributed by atoms with Crippen LogP contribution in [0.25, 0.3) is 45.1 Å². The number of rotatable bonds is 9. The molecule has 17 nitrogen and oxygen atoms in total. The third-order valence-corrected chi connectivity index (χ3v) is 13.0. The molecule has 11 rings (SSSR count). The van der Waals surface area contributed by atoms with Crippen LogP contribution < -0.4 is 21.3 Å². The molecular weight excluding hydrogens is 913 g/mol. The van der Waals surface area contributed by atoms with Crippen molar-refractivity contribution in [2.45, 2.75) is 81.0 Å². The van der Waals surface area contributed by atoms with Crippen LogP contribution in [-0.2, 0) is 31.8 Å². The molecular formula is C43H32F8N14O3. The third-order valence-electron chi connectivity index (χ3n) is 13.0. The van der Waals surface area contributed by atoms with Crippen LogP contribution in [0.15, 0.2) is 48.8 Å². The van der Waals surface area contributed by atoms with Gasteiger partial charge in [0, 0.05) is 42.3 Å². The molecule has 0 saturated carbocycles. The van der Waals surface area contributed by atoms with Gasteiger partial charge in [-0.3, -0.25) is 14.4 Å². The minimum absolute atomic E-state index is 0.0203. The highest BCUT2D eigenvalue weighted by Crippen LogP contribution is 2.54. The maximum atomic E-state index is 15.6. The zero-order valence-corrected chi connectivity index (χ0v) is 35.1. The van der Waals surface area contributed by atoms with Crippen molar-refractivity contribution in [3.63, 3.8) is 0 Å². The molecule has 0 radical (unpaired) electrons. The molecule has 4 aliphatic rings. The number of halogens is 8. The molecule has 0 spiro atoms. The van der Waals surface area contributed by atoms with Crippen LogP contribution in [0.1, 0.15) is 68.2 Å². The van der Waals surface area contributed by atoms with Crippen LogP contribution in [0.3, 0.4) is 0 Å². The third kappa shape index (κ3) is 6.75. The summed E-state index contributed by atoms with van der Waals surface area (Å²) in [5.74, 6) is -10.2. The number of nitrogens with one attached hydrogen (secondary N) is 4. The number of anilines is 4. The molecule has 6 aromatic heterocycles. The van der Waals surface area contributed by atoms with E-state index in [9.17, 15) is 36.3 Å². The highest BCUT2D eigenvalue weighted by molar-refractivity contribution is 6.07. The lowest BCUT2D eigenvalue weighted by atomic mass is 9.68. The summed E-state index contributed by atoms with van der Waals surface area (Å²) in [7, 11) is 0. The summed E-state index contributed by atoms with van der Waals surface area (Å²) in [5.41, 5.74) is -2.81. The van der Waals surface area contributed by atoms with E-state index in [1.54, 1.807) is 13.0 Å². The minimum Gasteiger partial charge on any atom is -0.370 e. The smallest absolute Gasteiger partial charge is 0.370 e. The lowest BCUT2D eigenvalue weighted by Gasteiger charge is -2.40. The zero-order valence-electron chi connectivity index (χ0n) is 35.1. The first kappa shape index (κ1) is 42.9. The Bertz CT molecular complexity index is 3340. The van der Waals surface area contributed by atoms with Gasteiger partial charge in [-0.2, -0.15) is 32.1 Å². The molecule has 4 aliphatic heterocycles. The van der Waals surface area contributed by atoms with Crippen LogP contribution in [-0.4, -0.2) is 85.8 Å². The summed E-state index contributed by atoms with van der Waals surface area (Å²) in [4.78, 5) is 66.9. The second-order valence-corrected chi connectivity index (χ2v) is 17.5. The van der Waals surface area contributed by atoms with Crippen LogP contribution in [0.4, 0.5) is 58.4 Å². The number of nitrogens with zero attached hydrogens (tertiary/aromatic N) is 10. The topological polar surface area (TPSA) is 212 Å². The number of hydrogen-bond acceptors (Lipinski definition) is 12. The normalized spacial score (nSPS) is 20.3. The molecule has 25 heteroatoms. The monoisotopic (exact) mass is 944 g/mol. The van der Waals surface area contributed by atoms with Gasteiger partial charge in [0.2, 0.25) is 17.7 Å². The number of benzene rings is 1. The molecule has 68 heavy (non-hydrogen) atoms. The van der Waals surface area contributed by atoms with Gasteiger partial charge in [0.05, 0.1) is 46.7 Å². The highest BCUT2D eigenvalue weighted by Gasteiger charge is 2.60. The van der Waals surface area contributed by atoms with E-state index < -0.39 is 77.5 Å². The molecule has 1 aromatic carbocycles. The van der Waals surface area contributed by atoms with Gasteiger partial charge in [0.1, 0.15) is 52.1 Å². The second-order valence-electron chi connectivity index (χ2n) is 17.5. The number of carbonyl (C=O) groups excluding carboxylic acids is 3. The van der Waals surface area contributed by atoms with E-state index in [-0.39, 0.29) is 105 Å². The van der Waals surface area contributed by atoms with Crippen molar-refractivity contribution in [1.29, 1.82) is 0 Å². The van der Waals surface area contributed by atoms with Gasteiger partial charge < -0.3 is 21.3 Å². The highest BCUT2D eigenvalue weighted by atomic mass is 19.4. The Hall–Kier alpha value is -7.73. The van der Waals surface area contributed by atoms with E-state index in [1.807, 2.05) is 0 Å². The number of carbonyl (C=O) groups is 3. The van der Waals surface area contributed by atoms with Crippen LogP contribution in [0.2, 0.25) is 0 Å². The SMILES string of the molecule is CC12CCNc3nc(-c4nn(C(CC56CCC(=O)Nc7nc(-c8nn(Cc9ccccc9F)c9ncc(F)cc89)nc(c75)NC(=O)C6)CC(F)(F)C(F)(F)F)c5ncc(F)cc45)nc(c31)NC2=O. The van der Waals surface area contributed by atoms with Crippen molar-refractivity contribution < 1.29 is 49.5 Å². The van der Waals surface area contributed by atoms with Gasteiger partial charge in [-0.05, 0) is 44.4 Å². The fraction of sp³-hybridized carbons (Fsp3) is 0.326. The summed E-state index contributed by atoms with van der Waals surface area (Å²) in [6.07, 6.45) is -8.02. The Kier molecular flexibility index (Phi) is 9.39. The van der Waals surface area contributed by atoms with Crippen molar-refractivity contribution in [3.05, 3.63) is 82.9 Å². The standard InChI is InChI=1S/C43H32F8N14O3/c1-40-8-9-52-31-27(40)32(61-39(40)68)58-36(57-31)30-23-11-20(45)16-54-38(23)65(63-30)21(13-42(47,48)43(49,50)51)12-41-7-6-25(66)55-33-28(41)34(56-26(67)14-41)60-35(59-33)29-22-10-19(44)15-53-37(22)64(62-29)17-18-4-2-3-5-24(18)46/h2-5,10-11,15-16,21H,6-9,12-14,17H2,1H3,(H2,52,57,58,61,68)(H2,55,56,59,60,66,67). The quantitative estimate of drug-likeness (QED) is 0.107. The molecule has 0 fully saturated rings. The first-order valence-corrected chi connectivity index (χ1v) is 21.1.